The van der Waals surface area contributed by atoms with Gasteiger partial charge in [-0.3, -0.25) is 24.2 Å². The maximum Gasteiger partial charge on any atom is 0.326 e. The minimum atomic E-state index is -1.60. The van der Waals surface area contributed by atoms with Crippen molar-refractivity contribution < 1.29 is 29.1 Å². The summed E-state index contributed by atoms with van der Waals surface area (Å²) < 4.78 is 0. The highest BCUT2D eigenvalue weighted by Crippen LogP contribution is 2.07. The van der Waals surface area contributed by atoms with E-state index in [2.05, 4.69) is 30.9 Å². The summed E-state index contributed by atoms with van der Waals surface area (Å²) in [6.45, 7) is 3.93. The smallest absolute Gasteiger partial charge is 0.326 e. The van der Waals surface area contributed by atoms with Gasteiger partial charge < -0.3 is 49.0 Å². The van der Waals surface area contributed by atoms with Crippen LogP contribution in [0.3, 0.4) is 0 Å². The van der Waals surface area contributed by atoms with E-state index in [-0.39, 0.29) is 37.7 Å². The van der Waals surface area contributed by atoms with Crippen LogP contribution >= 0.6 is 0 Å². The van der Waals surface area contributed by atoms with Gasteiger partial charge in [-0.25, -0.2) is 9.78 Å². The normalized spacial score (nSPS) is 14.0. The van der Waals surface area contributed by atoms with Crippen molar-refractivity contribution in [2.24, 2.45) is 33.8 Å². The van der Waals surface area contributed by atoms with Gasteiger partial charge in [-0.1, -0.05) is 13.8 Å². The van der Waals surface area contributed by atoms with Crippen LogP contribution in [-0.4, -0.2) is 81.3 Å². The summed E-state index contributed by atoms with van der Waals surface area (Å²) in [5.41, 5.74) is 22.2. The van der Waals surface area contributed by atoms with Crippen molar-refractivity contribution in [3.05, 3.63) is 18.2 Å². The van der Waals surface area contributed by atoms with Gasteiger partial charge in [0.15, 0.2) is 5.96 Å². The number of rotatable bonds is 17. The van der Waals surface area contributed by atoms with Gasteiger partial charge in [0, 0.05) is 24.9 Å². The molecule has 16 nitrogen and oxygen atoms in total. The molecule has 0 bridgehead atoms. The molecular formula is C22H38N10O6. The molecule has 1 heterocycles. The van der Waals surface area contributed by atoms with E-state index in [1.807, 2.05) is 13.8 Å². The first kappa shape index (κ1) is 31.8. The van der Waals surface area contributed by atoms with Crippen LogP contribution in [0, 0.1) is 5.92 Å². The highest BCUT2D eigenvalue weighted by Gasteiger charge is 2.31. The van der Waals surface area contributed by atoms with Crippen molar-refractivity contribution in [2.75, 3.05) is 6.54 Å². The molecule has 0 fully saturated rings. The lowest BCUT2D eigenvalue weighted by molar-refractivity contribution is -0.143. The molecule has 1 rings (SSSR count). The number of hydrogen-bond donors (Lipinski definition) is 9. The van der Waals surface area contributed by atoms with Gasteiger partial charge in [-0.15, -0.1) is 0 Å². The molecule has 0 aromatic carbocycles. The number of guanidine groups is 1. The predicted octanol–water partition coefficient (Wildman–Crippen LogP) is -3.21. The SMILES string of the molecule is CC(C)CC(N)C(=O)NC(Cc1cnc[nH]1)C(=O)NC(CCCN=C(N)N)C(=O)NC(CC(N)=O)C(=O)O. The number of hydrogen-bond acceptors (Lipinski definition) is 8. The molecule has 1 aromatic heterocycles. The van der Waals surface area contributed by atoms with E-state index in [1.165, 1.54) is 12.5 Å². The van der Waals surface area contributed by atoms with Crippen molar-refractivity contribution in [2.45, 2.75) is 70.1 Å². The number of carbonyl (C=O) groups excluding carboxylic acids is 4. The molecule has 4 unspecified atom stereocenters. The van der Waals surface area contributed by atoms with Crippen LogP contribution in [-0.2, 0) is 30.4 Å². The number of nitrogens with zero attached hydrogens (tertiary/aromatic N) is 2. The lowest BCUT2D eigenvalue weighted by atomic mass is 10.0. The first-order chi connectivity index (χ1) is 17.8. The molecule has 4 amide bonds. The molecule has 0 spiro atoms. The standard InChI is InChI=1S/C22H38N10O6/c1-11(2)6-13(23)18(34)31-15(7-12-9-27-10-29-12)20(36)30-14(4-3-5-28-22(25)26)19(35)32-16(21(37)38)8-17(24)33/h9-11,13-16H,3-8,23H2,1-2H3,(H2,24,33)(H,27,29)(H,30,36)(H,31,34)(H,32,35)(H,37,38)(H4,25,26,28). The average Bonchev–Trinajstić information content (AvgIpc) is 3.32. The predicted molar refractivity (Wildman–Crippen MR) is 137 cm³/mol. The number of amides is 4. The zero-order chi connectivity index (χ0) is 28.8. The van der Waals surface area contributed by atoms with E-state index < -0.39 is 60.2 Å². The summed E-state index contributed by atoms with van der Waals surface area (Å²) in [6.07, 6.45) is 2.87. The molecule has 0 saturated carbocycles. The van der Waals surface area contributed by atoms with Crippen LogP contribution in [0.4, 0.5) is 0 Å². The van der Waals surface area contributed by atoms with E-state index in [4.69, 9.17) is 22.9 Å². The zero-order valence-corrected chi connectivity index (χ0v) is 21.5. The molecule has 0 aliphatic carbocycles. The van der Waals surface area contributed by atoms with Crippen LogP contribution in [0.1, 0.15) is 45.2 Å². The summed E-state index contributed by atoms with van der Waals surface area (Å²) >= 11 is 0. The number of primary amides is 1. The van der Waals surface area contributed by atoms with Crippen LogP contribution < -0.4 is 38.9 Å². The van der Waals surface area contributed by atoms with Crippen molar-refractivity contribution >= 4 is 35.6 Å². The largest absolute Gasteiger partial charge is 0.480 e. The second-order valence-electron chi connectivity index (χ2n) is 9.16. The fourth-order valence-electron chi connectivity index (χ4n) is 3.44. The number of imidazole rings is 1. The van der Waals surface area contributed by atoms with E-state index >= 15 is 0 Å². The molecular weight excluding hydrogens is 500 g/mol. The fraction of sp³-hybridized carbons (Fsp3) is 0.591. The van der Waals surface area contributed by atoms with Crippen molar-refractivity contribution in [3.63, 3.8) is 0 Å². The van der Waals surface area contributed by atoms with E-state index in [1.54, 1.807) is 0 Å². The molecule has 38 heavy (non-hydrogen) atoms. The first-order valence-electron chi connectivity index (χ1n) is 12.0. The Hall–Kier alpha value is -4.21. The van der Waals surface area contributed by atoms with Gasteiger partial charge >= 0.3 is 5.97 Å². The Morgan fingerprint density at radius 3 is 2.13 bits per heavy atom. The Balaban J connectivity index is 3.11. The van der Waals surface area contributed by atoms with E-state index in [0.29, 0.717) is 12.1 Å². The minimum absolute atomic E-state index is 0.00768. The van der Waals surface area contributed by atoms with Gasteiger partial charge in [-0.05, 0) is 25.2 Å². The lowest BCUT2D eigenvalue weighted by Crippen LogP contribution is -2.58. The molecule has 1 aromatic rings. The van der Waals surface area contributed by atoms with Gasteiger partial charge in [0.1, 0.15) is 18.1 Å². The third kappa shape index (κ3) is 12.2. The Morgan fingerprint density at radius 1 is 1.00 bits per heavy atom. The van der Waals surface area contributed by atoms with Gasteiger partial charge in [0.25, 0.3) is 0 Å². The summed E-state index contributed by atoms with van der Waals surface area (Å²) in [7, 11) is 0. The van der Waals surface area contributed by atoms with Gasteiger partial charge in [0.05, 0.1) is 18.8 Å². The minimum Gasteiger partial charge on any atom is -0.480 e. The maximum atomic E-state index is 13.3. The number of carboxylic acid groups (broad SMARTS) is 1. The number of aromatic amines is 1. The molecule has 0 aliphatic rings. The number of aromatic nitrogens is 2. The number of carboxylic acids is 1. The molecule has 16 heteroatoms. The summed E-state index contributed by atoms with van der Waals surface area (Å²) in [4.78, 5) is 72.1. The average molecular weight is 539 g/mol. The highest BCUT2D eigenvalue weighted by molar-refractivity contribution is 5.95. The number of aliphatic carboxylic acids is 1. The molecule has 4 atom stereocenters. The maximum absolute atomic E-state index is 13.3. The Kier molecular flexibility index (Phi) is 13.2. The molecule has 0 aliphatic heterocycles. The summed E-state index contributed by atoms with van der Waals surface area (Å²) in [6, 6.07) is -4.87. The van der Waals surface area contributed by atoms with Crippen LogP contribution in [0.15, 0.2) is 17.5 Å². The Morgan fingerprint density at radius 2 is 1.61 bits per heavy atom. The topological polar surface area (TPSA) is 287 Å². The second kappa shape index (κ2) is 15.8. The van der Waals surface area contributed by atoms with Crippen molar-refractivity contribution in [3.8, 4) is 0 Å². The highest BCUT2D eigenvalue weighted by atomic mass is 16.4. The number of aliphatic imine (C=N–C) groups is 1. The second-order valence-corrected chi connectivity index (χ2v) is 9.16. The van der Waals surface area contributed by atoms with Crippen molar-refractivity contribution in [1.82, 2.24) is 25.9 Å². The fourth-order valence-corrected chi connectivity index (χ4v) is 3.44. The van der Waals surface area contributed by atoms with Crippen LogP contribution in [0.25, 0.3) is 0 Å². The quantitative estimate of drug-likeness (QED) is 0.0543. The van der Waals surface area contributed by atoms with Crippen molar-refractivity contribution in [1.29, 1.82) is 0 Å². The zero-order valence-electron chi connectivity index (χ0n) is 21.5. The third-order valence-electron chi connectivity index (χ3n) is 5.27. The first-order valence-corrected chi connectivity index (χ1v) is 12.0. The third-order valence-corrected chi connectivity index (χ3v) is 5.27. The Labute approximate surface area is 219 Å². The monoisotopic (exact) mass is 538 g/mol. The van der Waals surface area contributed by atoms with Gasteiger partial charge in [-0.2, -0.15) is 0 Å². The molecule has 212 valence electrons. The lowest BCUT2D eigenvalue weighted by Gasteiger charge is -2.25. The van der Waals surface area contributed by atoms with Crippen LogP contribution in [0.5, 0.6) is 0 Å². The Bertz CT molecular complexity index is 977. The summed E-state index contributed by atoms with van der Waals surface area (Å²) in [5, 5.41) is 16.7. The van der Waals surface area contributed by atoms with Crippen LogP contribution in [0.2, 0.25) is 0 Å². The number of H-pyrrole nitrogens is 1. The molecule has 13 N–H and O–H groups in total. The number of nitrogens with one attached hydrogen (secondary N) is 4. The summed E-state index contributed by atoms with van der Waals surface area (Å²) in [5.74, 6) is -4.61. The van der Waals surface area contributed by atoms with E-state index in [9.17, 15) is 29.1 Å². The molecule has 0 radical (unpaired) electrons. The number of nitrogens with two attached hydrogens (primary N) is 4. The van der Waals surface area contributed by atoms with E-state index in [0.717, 1.165) is 0 Å². The molecule has 0 saturated heterocycles. The van der Waals surface area contributed by atoms with Gasteiger partial charge in [0.2, 0.25) is 23.6 Å². The number of carbonyl (C=O) groups is 5.